The summed E-state index contributed by atoms with van der Waals surface area (Å²) < 4.78 is 5.09. The van der Waals surface area contributed by atoms with Crippen LogP contribution < -0.4 is 26.6 Å². The highest BCUT2D eigenvalue weighted by Gasteiger charge is 1.99. The molecule has 0 heterocycles. The molecule has 0 bridgehead atoms. The average Bonchev–Trinajstić information content (AvgIpc) is 2.46. The number of hydrogen-bond acceptors (Lipinski definition) is 4. The van der Waals surface area contributed by atoms with E-state index in [0.717, 1.165) is 17.7 Å². The van der Waals surface area contributed by atoms with E-state index in [1.807, 2.05) is 24.3 Å². The number of carbonyl (C=O) groups is 1. The van der Waals surface area contributed by atoms with E-state index in [2.05, 4.69) is 28.4 Å². The Morgan fingerprint density at radius 3 is 2.57 bits per heavy atom. The number of nitrogens with two attached hydrogens (primary N) is 1. The molecule has 0 radical (unpaired) electrons. The summed E-state index contributed by atoms with van der Waals surface area (Å²) in [6.45, 7) is 2.28. The fourth-order valence-corrected chi connectivity index (χ4v) is 1.62. The zero-order chi connectivity index (χ0) is 15.7. The largest absolute Gasteiger partial charge is 0.497 e. The first kappa shape index (κ1) is 16.8. The molecule has 0 aromatic heterocycles. The summed E-state index contributed by atoms with van der Waals surface area (Å²) >= 11 is 4.64. The van der Waals surface area contributed by atoms with Crippen molar-refractivity contribution in [1.29, 1.82) is 0 Å². The van der Waals surface area contributed by atoms with E-state index in [4.69, 9.17) is 10.5 Å². The highest BCUT2D eigenvalue weighted by molar-refractivity contribution is 7.80. The molecular formula is C14H20N4O2S. The van der Waals surface area contributed by atoms with Crippen LogP contribution in [0.15, 0.2) is 36.0 Å². The molecule has 1 aromatic rings. The third-order valence-electron chi connectivity index (χ3n) is 2.60. The number of rotatable bonds is 7. The molecule has 0 spiro atoms. The number of hydrazine groups is 1. The monoisotopic (exact) mass is 308 g/mol. The first-order chi connectivity index (χ1) is 10.0. The molecule has 114 valence electrons. The molecule has 0 saturated heterocycles. The standard InChI is InChI=1S/C14H20N4O2S/c1-10(17-18-14(15)21)9-13(19)16-8-7-11-3-5-12(20-2)6-4-11/h3-6,9,17H,7-8H2,1-2H3,(H,16,19)(H3,15,18,21)/b10-9-. The Morgan fingerprint density at radius 2 is 2.00 bits per heavy atom. The molecule has 0 aliphatic carbocycles. The van der Waals surface area contributed by atoms with Gasteiger partial charge in [0.15, 0.2) is 5.11 Å². The van der Waals surface area contributed by atoms with Crippen molar-refractivity contribution in [3.05, 3.63) is 41.6 Å². The summed E-state index contributed by atoms with van der Waals surface area (Å²) in [7, 11) is 1.63. The van der Waals surface area contributed by atoms with Gasteiger partial charge in [-0.15, -0.1) is 0 Å². The normalized spacial score (nSPS) is 10.7. The smallest absolute Gasteiger partial charge is 0.245 e. The predicted octanol–water partition coefficient (Wildman–Crippen LogP) is 0.596. The topological polar surface area (TPSA) is 88.4 Å². The second kappa shape index (κ2) is 8.80. The number of hydrogen-bond donors (Lipinski definition) is 4. The van der Waals surface area contributed by atoms with Crippen molar-refractivity contribution in [3.8, 4) is 5.75 Å². The highest BCUT2D eigenvalue weighted by atomic mass is 32.1. The number of allylic oxidation sites excluding steroid dienone is 1. The molecule has 0 unspecified atom stereocenters. The van der Waals surface area contributed by atoms with E-state index < -0.39 is 0 Å². The second-order valence-electron chi connectivity index (χ2n) is 4.33. The maximum absolute atomic E-state index is 11.6. The van der Waals surface area contributed by atoms with E-state index in [9.17, 15) is 4.79 Å². The van der Waals surface area contributed by atoms with Crippen LogP contribution in [0.1, 0.15) is 12.5 Å². The van der Waals surface area contributed by atoms with Gasteiger partial charge in [0.1, 0.15) is 5.75 Å². The van der Waals surface area contributed by atoms with Crippen LogP contribution in [-0.2, 0) is 11.2 Å². The molecule has 7 heteroatoms. The van der Waals surface area contributed by atoms with Gasteiger partial charge in [0.05, 0.1) is 7.11 Å². The first-order valence-electron chi connectivity index (χ1n) is 6.42. The van der Waals surface area contributed by atoms with Gasteiger partial charge in [-0.3, -0.25) is 10.2 Å². The summed E-state index contributed by atoms with van der Waals surface area (Å²) in [4.78, 5) is 11.6. The molecule has 1 aromatic carbocycles. The third-order valence-corrected chi connectivity index (χ3v) is 2.70. The van der Waals surface area contributed by atoms with Gasteiger partial charge in [0.2, 0.25) is 5.91 Å². The molecule has 1 amide bonds. The molecule has 0 saturated carbocycles. The molecule has 5 N–H and O–H groups in total. The maximum atomic E-state index is 11.6. The van der Waals surface area contributed by atoms with Crippen molar-refractivity contribution in [2.75, 3.05) is 13.7 Å². The molecule has 0 aliphatic heterocycles. The first-order valence-corrected chi connectivity index (χ1v) is 6.82. The van der Waals surface area contributed by atoms with E-state index in [0.29, 0.717) is 12.2 Å². The van der Waals surface area contributed by atoms with Crippen LogP contribution in [0.3, 0.4) is 0 Å². The van der Waals surface area contributed by atoms with Crippen molar-refractivity contribution in [2.45, 2.75) is 13.3 Å². The lowest BCUT2D eigenvalue weighted by Crippen LogP contribution is -2.40. The molecule has 6 nitrogen and oxygen atoms in total. The van der Waals surface area contributed by atoms with Gasteiger partial charge < -0.3 is 21.2 Å². The minimum absolute atomic E-state index is 0.114. The number of methoxy groups -OCH3 is 1. The lowest BCUT2D eigenvalue weighted by molar-refractivity contribution is -0.116. The van der Waals surface area contributed by atoms with E-state index in [1.54, 1.807) is 14.0 Å². The lowest BCUT2D eigenvalue weighted by atomic mass is 10.1. The van der Waals surface area contributed by atoms with Crippen LogP contribution >= 0.6 is 12.2 Å². The number of thiocarbonyl (C=S) groups is 1. The highest BCUT2D eigenvalue weighted by Crippen LogP contribution is 2.11. The van der Waals surface area contributed by atoms with E-state index in [-0.39, 0.29) is 11.0 Å². The Bertz CT molecular complexity index is 514. The third kappa shape index (κ3) is 7.17. The zero-order valence-corrected chi connectivity index (χ0v) is 12.9. The Morgan fingerprint density at radius 1 is 1.33 bits per heavy atom. The summed E-state index contributed by atoms with van der Waals surface area (Å²) in [5.74, 6) is 0.635. The van der Waals surface area contributed by atoms with E-state index >= 15 is 0 Å². The van der Waals surface area contributed by atoms with Crippen molar-refractivity contribution >= 4 is 23.2 Å². The van der Waals surface area contributed by atoms with Gasteiger partial charge in [0, 0.05) is 18.3 Å². The van der Waals surface area contributed by atoms with Gasteiger partial charge in [-0.2, -0.15) is 0 Å². The van der Waals surface area contributed by atoms with Crippen LogP contribution in [0.2, 0.25) is 0 Å². The molecule has 0 fully saturated rings. The Labute approximate surface area is 129 Å². The molecular weight excluding hydrogens is 288 g/mol. The lowest BCUT2D eigenvalue weighted by Gasteiger charge is -2.08. The fourth-order valence-electron chi connectivity index (χ4n) is 1.57. The summed E-state index contributed by atoms with van der Waals surface area (Å²) in [6.07, 6.45) is 2.18. The Balaban J connectivity index is 2.32. The van der Waals surface area contributed by atoms with Gasteiger partial charge in [-0.25, -0.2) is 0 Å². The predicted molar refractivity (Wildman–Crippen MR) is 86.5 cm³/mol. The van der Waals surface area contributed by atoms with Crippen LogP contribution in [0.25, 0.3) is 0 Å². The zero-order valence-electron chi connectivity index (χ0n) is 12.1. The van der Waals surface area contributed by atoms with Crippen molar-refractivity contribution < 1.29 is 9.53 Å². The second-order valence-corrected chi connectivity index (χ2v) is 4.77. The number of carbonyl (C=O) groups excluding carboxylic acids is 1. The average molecular weight is 308 g/mol. The van der Waals surface area contributed by atoms with Gasteiger partial charge in [-0.05, 0) is 43.3 Å². The molecule has 0 aliphatic rings. The van der Waals surface area contributed by atoms with Crippen molar-refractivity contribution in [3.63, 3.8) is 0 Å². The van der Waals surface area contributed by atoms with Crippen LogP contribution in [-0.4, -0.2) is 24.7 Å². The molecule has 1 rings (SSSR count). The minimum Gasteiger partial charge on any atom is -0.497 e. The van der Waals surface area contributed by atoms with Crippen molar-refractivity contribution in [1.82, 2.24) is 16.2 Å². The molecule has 0 atom stereocenters. The summed E-state index contributed by atoms with van der Waals surface area (Å²) in [6, 6.07) is 7.73. The van der Waals surface area contributed by atoms with Crippen LogP contribution in [0, 0.1) is 0 Å². The van der Waals surface area contributed by atoms with Gasteiger partial charge in [-0.1, -0.05) is 12.1 Å². The Hall–Kier alpha value is -2.28. The SMILES string of the molecule is COc1ccc(CCNC(=O)/C=C(/C)NNC(N)=S)cc1. The van der Waals surface area contributed by atoms with E-state index in [1.165, 1.54) is 6.08 Å². The van der Waals surface area contributed by atoms with Crippen LogP contribution in [0.5, 0.6) is 5.75 Å². The van der Waals surface area contributed by atoms with Gasteiger partial charge in [0.25, 0.3) is 0 Å². The number of ether oxygens (including phenoxy) is 1. The number of amides is 1. The van der Waals surface area contributed by atoms with Gasteiger partial charge >= 0.3 is 0 Å². The number of benzene rings is 1. The Kier molecular flexibility index (Phi) is 7.03. The molecule has 21 heavy (non-hydrogen) atoms. The summed E-state index contributed by atoms with van der Waals surface area (Å²) in [5.41, 5.74) is 12.2. The number of nitrogens with one attached hydrogen (secondary N) is 3. The van der Waals surface area contributed by atoms with Crippen LogP contribution in [0.4, 0.5) is 0 Å². The quantitative estimate of drug-likeness (QED) is 0.335. The van der Waals surface area contributed by atoms with Crippen molar-refractivity contribution in [2.24, 2.45) is 5.73 Å². The fraction of sp³-hybridized carbons (Fsp3) is 0.286. The summed E-state index contributed by atoms with van der Waals surface area (Å²) in [5, 5.41) is 2.91. The minimum atomic E-state index is -0.182. The maximum Gasteiger partial charge on any atom is 0.245 e.